The third kappa shape index (κ3) is 3.68. The Morgan fingerprint density at radius 2 is 2.29 bits per heavy atom. The Balaban J connectivity index is 2.22. The number of carboxylic acid groups (broad SMARTS) is 1. The predicted molar refractivity (Wildman–Crippen MR) is 77.5 cm³/mol. The Bertz CT molecular complexity index is 547. The molecule has 1 aliphatic carbocycles. The van der Waals surface area contributed by atoms with Gasteiger partial charge in [-0.05, 0) is 24.8 Å². The number of aromatic carboxylic acids is 1. The first-order valence-corrected chi connectivity index (χ1v) is 7.16. The summed E-state index contributed by atoms with van der Waals surface area (Å²) in [6, 6.07) is 2.46. The first kappa shape index (κ1) is 15.2. The molecular weight excluding hydrogens is 274 g/mol. The average molecular weight is 293 g/mol. The number of hydrogen-bond donors (Lipinski definition) is 2. The van der Waals surface area contributed by atoms with Crippen molar-refractivity contribution in [3.05, 3.63) is 27.9 Å². The first-order chi connectivity index (χ1) is 10.0. The summed E-state index contributed by atoms with van der Waals surface area (Å²) >= 11 is 0. The Kier molecular flexibility index (Phi) is 4.72. The molecule has 0 radical (unpaired) electrons. The van der Waals surface area contributed by atoms with Crippen LogP contribution in [-0.2, 0) is 0 Å². The second-order valence-corrected chi connectivity index (χ2v) is 5.41. The molecule has 1 aromatic rings. The maximum atomic E-state index is 11.0. The van der Waals surface area contributed by atoms with Gasteiger partial charge >= 0.3 is 11.7 Å². The fourth-order valence-electron chi connectivity index (χ4n) is 2.81. The van der Waals surface area contributed by atoms with Gasteiger partial charge in [-0.1, -0.05) is 26.2 Å². The quantitative estimate of drug-likeness (QED) is 0.638. The molecule has 7 nitrogen and oxygen atoms in total. The van der Waals surface area contributed by atoms with Gasteiger partial charge in [0.05, 0.1) is 4.92 Å². The number of pyridine rings is 1. The van der Waals surface area contributed by atoms with Crippen molar-refractivity contribution in [2.45, 2.75) is 45.1 Å². The fraction of sp³-hybridized carbons (Fsp3) is 0.571. The van der Waals surface area contributed by atoms with Crippen molar-refractivity contribution in [2.24, 2.45) is 5.92 Å². The van der Waals surface area contributed by atoms with Crippen molar-refractivity contribution in [2.75, 3.05) is 5.32 Å². The molecular formula is C14H19N3O4. The molecule has 1 saturated carbocycles. The van der Waals surface area contributed by atoms with E-state index < -0.39 is 10.9 Å². The normalized spacial score (nSPS) is 21.8. The zero-order valence-electron chi connectivity index (χ0n) is 11.9. The highest BCUT2D eigenvalue weighted by Gasteiger charge is 2.25. The summed E-state index contributed by atoms with van der Waals surface area (Å²) in [5.41, 5.74) is -0.371. The number of nitrogens with zero attached hydrogens (tertiary/aromatic N) is 2. The maximum Gasteiger partial charge on any atom is 0.354 e. The Morgan fingerprint density at radius 1 is 1.52 bits per heavy atom. The van der Waals surface area contributed by atoms with Gasteiger partial charge in [0.1, 0.15) is 0 Å². The van der Waals surface area contributed by atoms with Crippen LogP contribution in [0.2, 0.25) is 0 Å². The molecule has 0 amide bonds. The fourth-order valence-corrected chi connectivity index (χ4v) is 2.81. The highest BCUT2D eigenvalue weighted by Crippen LogP contribution is 2.30. The van der Waals surface area contributed by atoms with Crippen LogP contribution in [0, 0.1) is 16.0 Å². The minimum atomic E-state index is -1.19. The average Bonchev–Trinajstić information content (AvgIpc) is 2.47. The minimum absolute atomic E-state index is 0.0571. The third-order valence-electron chi connectivity index (χ3n) is 3.99. The lowest BCUT2D eigenvalue weighted by Gasteiger charge is -2.29. The van der Waals surface area contributed by atoms with Crippen molar-refractivity contribution >= 4 is 17.5 Å². The number of rotatable bonds is 5. The summed E-state index contributed by atoms with van der Waals surface area (Å²) in [7, 11) is 0. The zero-order chi connectivity index (χ0) is 15.4. The van der Waals surface area contributed by atoms with Crippen molar-refractivity contribution < 1.29 is 14.8 Å². The SMILES string of the molecule is CCC1CCCC(Nc2nc(C(=O)O)ccc2[N+](=O)[O-])C1. The largest absolute Gasteiger partial charge is 0.477 e. The van der Waals surface area contributed by atoms with Crippen LogP contribution in [-0.4, -0.2) is 27.0 Å². The lowest BCUT2D eigenvalue weighted by molar-refractivity contribution is -0.384. The molecule has 2 unspecified atom stereocenters. The van der Waals surface area contributed by atoms with Gasteiger partial charge in [0.2, 0.25) is 5.82 Å². The highest BCUT2D eigenvalue weighted by atomic mass is 16.6. The van der Waals surface area contributed by atoms with Crippen LogP contribution in [0.25, 0.3) is 0 Å². The molecule has 0 aromatic carbocycles. The third-order valence-corrected chi connectivity index (χ3v) is 3.99. The minimum Gasteiger partial charge on any atom is -0.477 e. The van der Waals surface area contributed by atoms with Gasteiger partial charge in [-0.25, -0.2) is 9.78 Å². The molecule has 1 aliphatic rings. The number of carboxylic acids is 1. The lowest BCUT2D eigenvalue weighted by atomic mass is 9.84. The second-order valence-electron chi connectivity index (χ2n) is 5.41. The number of hydrogen-bond acceptors (Lipinski definition) is 5. The Hall–Kier alpha value is -2.18. The van der Waals surface area contributed by atoms with Gasteiger partial charge in [-0.2, -0.15) is 0 Å². The van der Waals surface area contributed by atoms with Gasteiger partial charge in [-0.15, -0.1) is 0 Å². The molecule has 2 rings (SSSR count). The van der Waals surface area contributed by atoms with E-state index in [0.717, 1.165) is 31.7 Å². The van der Waals surface area contributed by atoms with Crippen LogP contribution in [0.3, 0.4) is 0 Å². The summed E-state index contributed by atoms with van der Waals surface area (Å²) in [5, 5.41) is 23.1. The van der Waals surface area contributed by atoms with Gasteiger partial charge in [0.15, 0.2) is 5.69 Å². The van der Waals surface area contributed by atoms with Crippen LogP contribution >= 0.6 is 0 Å². The van der Waals surface area contributed by atoms with E-state index in [1.54, 1.807) is 0 Å². The maximum absolute atomic E-state index is 11.0. The van der Waals surface area contributed by atoms with Gasteiger partial charge in [0, 0.05) is 12.1 Å². The molecule has 1 aromatic heterocycles. The Labute approximate surface area is 122 Å². The summed E-state index contributed by atoms with van der Waals surface area (Å²) in [6.45, 7) is 2.14. The number of anilines is 1. The molecule has 0 bridgehead atoms. The topological polar surface area (TPSA) is 105 Å². The van der Waals surface area contributed by atoms with E-state index in [4.69, 9.17) is 5.11 Å². The Morgan fingerprint density at radius 3 is 2.90 bits per heavy atom. The number of aromatic nitrogens is 1. The summed E-state index contributed by atoms with van der Waals surface area (Å²) < 4.78 is 0. The number of nitrogens with one attached hydrogen (secondary N) is 1. The van der Waals surface area contributed by atoms with E-state index in [9.17, 15) is 14.9 Å². The molecule has 0 aliphatic heterocycles. The monoisotopic (exact) mass is 293 g/mol. The number of nitro groups is 1. The number of carbonyl (C=O) groups is 1. The molecule has 114 valence electrons. The molecule has 2 atom stereocenters. The van der Waals surface area contributed by atoms with Crippen molar-refractivity contribution in [1.82, 2.24) is 4.98 Å². The lowest BCUT2D eigenvalue weighted by Crippen LogP contribution is -2.28. The van der Waals surface area contributed by atoms with Crippen molar-refractivity contribution in [3.63, 3.8) is 0 Å². The van der Waals surface area contributed by atoms with Crippen molar-refractivity contribution in [3.8, 4) is 0 Å². The molecule has 0 spiro atoms. The van der Waals surface area contributed by atoms with Crippen LogP contribution < -0.4 is 5.32 Å². The first-order valence-electron chi connectivity index (χ1n) is 7.16. The highest BCUT2D eigenvalue weighted by molar-refractivity contribution is 5.86. The van der Waals surface area contributed by atoms with Crippen molar-refractivity contribution in [1.29, 1.82) is 0 Å². The molecule has 2 N–H and O–H groups in total. The van der Waals surface area contributed by atoms with E-state index in [2.05, 4.69) is 17.2 Å². The van der Waals surface area contributed by atoms with Gasteiger partial charge in [0.25, 0.3) is 0 Å². The van der Waals surface area contributed by atoms with E-state index in [1.165, 1.54) is 12.5 Å². The molecule has 0 saturated heterocycles. The molecule has 1 fully saturated rings. The van der Waals surface area contributed by atoms with Crippen LogP contribution in [0.1, 0.15) is 49.5 Å². The van der Waals surface area contributed by atoms with Gasteiger partial charge in [-0.3, -0.25) is 10.1 Å². The molecule has 21 heavy (non-hydrogen) atoms. The van der Waals surface area contributed by atoms with E-state index >= 15 is 0 Å². The van der Waals surface area contributed by atoms with Gasteiger partial charge < -0.3 is 10.4 Å². The smallest absolute Gasteiger partial charge is 0.354 e. The zero-order valence-corrected chi connectivity index (χ0v) is 11.9. The second kappa shape index (κ2) is 6.51. The summed E-state index contributed by atoms with van der Waals surface area (Å²) in [6.07, 6.45) is 5.20. The van der Waals surface area contributed by atoms with E-state index in [1.807, 2.05) is 0 Å². The van der Waals surface area contributed by atoms with Crippen LogP contribution in [0.5, 0.6) is 0 Å². The molecule has 7 heteroatoms. The summed E-state index contributed by atoms with van der Waals surface area (Å²) in [4.78, 5) is 25.4. The van der Waals surface area contributed by atoms with E-state index in [-0.39, 0.29) is 23.2 Å². The van der Waals surface area contributed by atoms with Crippen LogP contribution in [0.4, 0.5) is 11.5 Å². The van der Waals surface area contributed by atoms with Crippen LogP contribution in [0.15, 0.2) is 12.1 Å². The standard InChI is InChI=1S/C14H19N3O4/c1-2-9-4-3-5-10(8-9)15-13-12(17(20)21)7-6-11(16-13)14(18)19/h6-7,9-10H,2-5,8H2,1H3,(H,15,16)(H,18,19). The molecule has 1 heterocycles. The summed E-state index contributed by atoms with van der Waals surface area (Å²) in [5.74, 6) is -0.525. The predicted octanol–water partition coefficient (Wildman–Crippen LogP) is 3.07. The van der Waals surface area contributed by atoms with E-state index in [0.29, 0.717) is 5.92 Å².